The summed E-state index contributed by atoms with van der Waals surface area (Å²) in [6, 6.07) is 21.1. The maximum absolute atomic E-state index is 14.0. The number of fused-ring (bicyclic) bond motifs is 2. The van der Waals surface area contributed by atoms with Crippen molar-refractivity contribution >= 4 is 29.2 Å². The van der Waals surface area contributed by atoms with Crippen molar-refractivity contribution in [1.82, 2.24) is 5.32 Å². The second-order valence-electron chi connectivity index (χ2n) is 8.24. The molecule has 0 bridgehead atoms. The molecule has 1 saturated heterocycles. The molecule has 0 aromatic heterocycles. The number of nitrogens with one attached hydrogen (secondary N) is 2. The molecule has 33 heavy (non-hydrogen) atoms. The Kier molecular flexibility index (Phi) is 5.35. The number of ether oxygens (including phenoxy) is 2. The third-order valence-corrected chi connectivity index (χ3v) is 7.01. The van der Waals surface area contributed by atoms with E-state index in [-0.39, 0.29) is 5.91 Å². The smallest absolute Gasteiger partial charge is 0.323 e. The first kappa shape index (κ1) is 21.5. The molecule has 0 aliphatic carbocycles. The first-order valence-corrected chi connectivity index (χ1v) is 11.0. The minimum atomic E-state index is -1.13. The number of para-hydroxylation sites is 2. The van der Waals surface area contributed by atoms with E-state index in [4.69, 9.17) is 21.1 Å². The van der Waals surface area contributed by atoms with Crippen molar-refractivity contribution in [3.8, 4) is 5.75 Å². The Labute approximate surface area is 196 Å². The van der Waals surface area contributed by atoms with Crippen LogP contribution in [0.4, 0.5) is 5.69 Å². The Hall–Kier alpha value is -3.35. The van der Waals surface area contributed by atoms with Gasteiger partial charge in [-0.2, -0.15) is 0 Å². The van der Waals surface area contributed by atoms with Crippen LogP contribution in [0.15, 0.2) is 72.8 Å². The highest BCUT2D eigenvalue weighted by atomic mass is 35.5. The fourth-order valence-corrected chi connectivity index (χ4v) is 5.57. The second-order valence-corrected chi connectivity index (χ2v) is 8.68. The van der Waals surface area contributed by atoms with Gasteiger partial charge in [-0.3, -0.25) is 14.9 Å². The van der Waals surface area contributed by atoms with Crippen LogP contribution in [-0.2, 0) is 19.7 Å². The molecule has 1 spiro atoms. The van der Waals surface area contributed by atoms with Crippen LogP contribution in [0.25, 0.3) is 0 Å². The zero-order valence-electron chi connectivity index (χ0n) is 18.2. The highest BCUT2D eigenvalue weighted by molar-refractivity contribution is 6.30. The fraction of sp³-hybridized carbons (Fsp3) is 0.231. The molecule has 1 fully saturated rings. The van der Waals surface area contributed by atoms with Crippen LogP contribution in [0.3, 0.4) is 0 Å². The number of anilines is 1. The van der Waals surface area contributed by atoms with Crippen molar-refractivity contribution in [1.29, 1.82) is 0 Å². The van der Waals surface area contributed by atoms with E-state index in [9.17, 15) is 9.59 Å². The SMILES string of the molecule is COC(=O)[C@@H]1N[C@H](c2ccc(Cl)cc2)[C@]2(C(=O)Nc3ccccc32)[C@H]1c1ccccc1OC. The zero-order chi connectivity index (χ0) is 23.2. The number of carbonyl (C=O) groups excluding carboxylic acids is 2. The van der Waals surface area contributed by atoms with E-state index in [0.717, 1.165) is 22.4 Å². The second kappa shape index (κ2) is 8.21. The molecule has 168 valence electrons. The largest absolute Gasteiger partial charge is 0.496 e. The Balaban J connectivity index is 1.83. The molecule has 0 radical (unpaired) electrons. The Morgan fingerprint density at radius 3 is 2.39 bits per heavy atom. The fourth-order valence-electron chi connectivity index (χ4n) is 5.44. The molecular formula is C26H23ClN2O4. The third-order valence-electron chi connectivity index (χ3n) is 6.75. The Morgan fingerprint density at radius 1 is 0.970 bits per heavy atom. The molecule has 3 aromatic rings. The molecule has 0 unspecified atom stereocenters. The van der Waals surface area contributed by atoms with Gasteiger partial charge in [0.15, 0.2) is 0 Å². The Morgan fingerprint density at radius 2 is 1.67 bits per heavy atom. The molecule has 0 saturated carbocycles. The number of esters is 1. The lowest BCUT2D eigenvalue weighted by Crippen LogP contribution is -2.44. The van der Waals surface area contributed by atoms with E-state index >= 15 is 0 Å². The van der Waals surface area contributed by atoms with Gasteiger partial charge in [0, 0.05) is 22.2 Å². The minimum absolute atomic E-state index is 0.182. The zero-order valence-corrected chi connectivity index (χ0v) is 18.9. The maximum atomic E-state index is 14.0. The number of hydrogen-bond acceptors (Lipinski definition) is 5. The van der Waals surface area contributed by atoms with Crippen LogP contribution in [0.2, 0.25) is 5.02 Å². The summed E-state index contributed by atoms with van der Waals surface area (Å²) in [5.41, 5.74) is 2.03. The molecule has 2 heterocycles. The average Bonchev–Trinajstić information content (AvgIpc) is 3.35. The van der Waals surface area contributed by atoms with Crippen molar-refractivity contribution in [3.63, 3.8) is 0 Å². The topological polar surface area (TPSA) is 76.7 Å². The van der Waals surface area contributed by atoms with E-state index in [1.54, 1.807) is 19.2 Å². The third kappa shape index (κ3) is 3.13. The van der Waals surface area contributed by atoms with Crippen LogP contribution < -0.4 is 15.4 Å². The number of rotatable bonds is 4. The molecule has 6 nitrogen and oxygen atoms in total. The van der Waals surface area contributed by atoms with Crippen molar-refractivity contribution in [2.45, 2.75) is 23.4 Å². The summed E-state index contributed by atoms with van der Waals surface area (Å²) in [7, 11) is 2.94. The first-order chi connectivity index (χ1) is 16.0. The van der Waals surface area contributed by atoms with Gasteiger partial charge in [-0.15, -0.1) is 0 Å². The molecular weight excluding hydrogens is 440 g/mol. The molecule has 1 amide bonds. The summed E-state index contributed by atoms with van der Waals surface area (Å²) < 4.78 is 10.9. The molecule has 5 rings (SSSR count). The summed E-state index contributed by atoms with van der Waals surface area (Å²) in [6.45, 7) is 0. The summed E-state index contributed by atoms with van der Waals surface area (Å²) >= 11 is 6.15. The van der Waals surface area contributed by atoms with Gasteiger partial charge in [-0.25, -0.2) is 0 Å². The number of halogens is 1. The first-order valence-electron chi connectivity index (χ1n) is 10.7. The number of methoxy groups -OCH3 is 2. The summed E-state index contributed by atoms with van der Waals surface area (Å²) in [4.78, 5) is 27.1. The standard InChI is InChI=1S/C26H23ClN2O4/c1-32-20-10-6-3-7-17(20)21-22(24(30)33-2)29-23(15-11-13-16(27)14-12-15)26(21)18-8-4-5-9-19(18)28-25(26)31/h3-14,21-23,29H,1-2H3,(H,28,31)/t21-,22+,23+,26+/m0/s1. The normalized spacial score (nSPS) is 25.5. The van der Waals surface area contributed by atoms with Gasteiger partial charge >= 0.3 is 5.97 Å². The predicted molar refractivity (Wildman–Crippen MR) is 126 cm³/mol. The number of carbonyl (C=O) groups is 2. The van der Waals surface area contributed by atoms with Crippen LogP contribution in [-0.4, -0.2) is 32.1 Å². The van der Waals surface area contributed by atoms with Crippen molar-refractivity contribution < 1.29 is 19.1 Å². The molecule has 2 aliphatic rings. The number of benzene rings is 3. The van der Waals surface area contributed by atoms with Crippen LogP contribution in [0, 0.1) is 0 Å². The Bertz CT molecular complexity index is 1230. The van der Waals surface area contributed by atoms with E-state index in [0.29, 0.717) is 10.8 Å². The minimum Gasteiger partial charge on any atom is -0.496 e. The van der Waals surface area contributed by atoms with Gasteiger partial charge in [0.1, 0.15) is 17.2 Å². The van der Waals surface area contributed by atoms with Crippen molar-refractivity contribution in [3.05, 3.63) is 94.5 Å². The van der Waals surface area contributed by atoms with Gasteiger partial charge in [0.2, 0.25) is 5.91 Å². The van der Waals surface area contributed by atoms with Gasteiger partial charge in [0.05, 0.1) is 20.3 Å². The molecule has 3 aromatic carbocycles. The van der Waals surface area contributed by atoms with Gasteiger partial charge in [-0.05, 0) is 35.4 Å². The highest BCUT2D eigenvalue weighted by Crippen LogP contribution is 2.60. The predicted octanol–water partition coefficient (Wildman–Crippen LogP) is 4.21. The molecule has 2 aliphatic heterocycles. The molecule has 4 atom stereocenters. The molecule has 7 heteroatoms. The van der Waals surface area contributed by atoms with Crippen molar-refractivity contribution in [2.75, 3.05) is 19.5 Å². The van der Waals surface area contributed by atoms with Crippen LogP contribution >= 0.6 is 11.6 Å². The van der Waals surface area contributed by atoms with Gasteiger partial charge in [0.25, 0.3) is 0 Å². The van der Waals surface area contributed by atoms with Crippen molar-refractivity contribution in [2.24, 2.45) is 0 Å². The van der Waals surface area contributed by atoms with Crippen LogP contribution in [0.1, 0.15) is 28.7 Å². The summed E-state index contributed by atoms with van der Waals surface area (Å²) in [5.74, 6) is -0.616. The summed E-state index contributed by atoms with van der Waals surface area (Å²) in [6.07, 6.45) is 0. The lowest BCUT2D eigenvalue weighted by atomic mass is 9.63. The van der Waals surface area contributed by atoms with E-state index in [2.05, 4.69) is 10.6 Å². The maximum Gasteiger partial charge on any atom is 0.323 e. The van der Waals surface area contributed by atoms with Gasteiger partial charge < -0.3 is 14.8 Å². The lowest BCUT2D eigenvalue weighted by molar-refractivity contribution is -0.143. The molecule has 2 N–H and O–H groups in total. The number of hydrogen-bond donors (Lipinski definition) is 2. The van der Waals surface area contributed by atoms with Gasteiger partial charge in [-0.1, -0.05) is 60.1 Å². The average molecular weight is 463 g/mol. The van der Waals surface area contributed by atoms with E-state index in [1.165, 1.54) is 7.11 Å². The van der Waals surface area contributed by atoms with E-state index < -0.39 is 29.4 Å². The van der Waals surface area contributed by atoms with Crippen LogP contribution in [0.5, 0.6) is 5.75 Å². The number of amides is 1. The lowest BCUT2D eigenvalue weighted by Gasteiger charge is -2.35. The quantitative estimate of drug-likeness (QED) is 0.568. The monoisotopic (exact) mass is 462 g/mol. The van der Waals surface area contributed by atoms with E-state index in [1.807, 2.05) is 60.7 Å². The highest BCUT2D eigenvalue weighted by Gasteiger charge is 2.66. The summed E-state index contributed by atoms with van der Waals surface area (Å²) in [5, 5.41) is 7.10.